The van der Waals surface area contributed by atoms with Crippen LogP contribution in [0.25, 0.3) is 0 Å². The van der Waals surface area contributed by atoms with Crippen LogP contribution in [0.2, 0.25) is 0 Å². The Kier molecular flexibility index (Phi) is 7.02. The molecule has 1 N–H and O–H groups in total. The van der Waals surface area contributed by atoms with Crippen LogP contribution in [0.15, 0.2) is 4.52 Å². The van der Waals surface area contributed by atoms with Gasteiger partial charge in [0.05, 0.1) is 0 Å². The second kappa shape index (κ2) is 8.27. The van der Waals surface area contributed by atoms with Gasteiger partial charge in [0.15, 0.2) is 5.82 Å². The molecule has 2 unspecified atom stereocenters. The van der Waals surface area contributed by atoms with Crippen molar-refractivity contribution in [3.63, 3.8) is 0 Å². The van der Waals surface area contributed by atoms with Crippen molar-refractivity contribution in [3.05, 3.63) is 11.7 Å². The Hall–Kier alpha value is -0.940. The van der Waals surface area contributed by atoms with Gasteiger partial charge in [-0.3, -0.25) is 0 Å². The Balaban J connectivity index is 2.59. The van der Waals surface area contributed by atoms with Crippen molar-refractivity contribution in [2.45, 2.75) is 59.6 Å². The number of likely N-dealkylation sites (N-methyl/N-ethyl adjacent to an activating group) is 1. The van der Waals surface area contributed by atoms with E-state index in [-0.39, 0.29) is 6.10 Å². The highest BCUT2D eigenvalue weighted by molar-refractivity contribution is 4.92. The summed E-state index contributed by atoms with van der Waals surface area (Å²) in [6, 6.07) is 0.390. The number of ether oxygens (including phenoxy) is 1. The summed E-state index contributed by atoms with van der Waals surface area (Å²) in [5, 5.41) is 7.46. The molecule has 1 rings (SSSR count). The van der Waals surface area contributed by atoms with E-state index in [9.17, 15) is 0 Å². The highest BCUT2D eigenvalue weighted by Crippen LogP contribution is 2.15. The average Bonchev–Trinajstić information content (AvgIpc) is 2.77. The van der Waals surface area contributed by atoms with Crippen molar-refractivity contribution >= 4 is 0 Å². The Morgan fingerprint density at radius 1 is 1.26 bits per heavy atom. The van der Waals surface area contributed by atoms with Crippen LogP contribution in [0.3, 0.4) is 0 Å². The third-order valence-corrected chi connectivity index (χ3v) is 2.93. The molecule has 0 aliphatic heterocycles. The van der Waals surface area contributed by atoms with Crippen molar-refractivity contribution in [2.24, 2.45) is 5.92 Å². The summed E-state index contributed by atoms with van der Waals surface area (Å²) in [6.45, 7) is 12.1. The van der Waals surface area contributed by atoms with Gasteiger partial charge in [-0.15, -0.1) is 0 Å². The van der Waals surface area contributed by atoms with Crippen molar-refractivity contribution in [1.29, 1.82) is 0 Å². The highest BCUT2D eigenvalue weighted by atomic mass is 16.5. The van der Waals surface area contributed by atoms with Crippen molar-refractivity contribution in [3.8, 4) is 0 Å². The van der Waals surface area contributed by atoms with Crippen LogP contribution >= 0.6 is 0 Å². The van der Waals surface area contributed by atoms with Crippen LogP contribution in [0.1, 0.15) is 58.9 Å². The smallest absolute Gasteiger partial charge is 0.228 e. The van der Waals surface area contributed by atoms with Gasteiger partial charge >= 0.3 is 0 Å². The number of nitrogens with zero attached hydrogens (tertiary/aromatic N) is 2. The predicted molar refractivity (Wildman–Crippen MR) is 75.0 cm³/mol. The van der Waals surface area contributed by atoms with E-state index in [4.69, 9.17) is 9.26 Å². The molecule has 0 radical (unpaired) electrons. The van der Waals surface area contributed by atoms with Crippen LogP contribution in [0.5, 0.6) is 0 Å². The summed E-state index contributed by atoms with van der Waals surface area (Å²) in [5.74, 6) is 1.97. The molecule has 0 aromatic carbocycles. The lowest BCUT2D eigenvalue weighted by Gasteiger charge is -2.17. The van der Waals surface area contributed by atoms with E-state index in [0.717, 1.165) is 19.4 Å². The lowest BCUT2D eigenvalue weighted by atomic mass is 10.0. The minimum Gasteiger partial charge on any atom is -0.371 e. The summed E-state index contributed by atoms with van der Waals surface area (Å²) in [7, 11) is 0. The minimum absolute atomic E-state index is 0.106. The minimum atomic E-state index is -0.106. The first kappa shape index (κ1) is 16.1. The molecular weight excluding hydrogens is 242 g/mol. The zero-order chi connectivity index (χ0) is 14.3. The largest absolute Gasteiger partial charge is 0.371 e. The van der Waals surface area contributed by atoms with Crippen LogP contribution in [0, 0.1) is 5.92 Å². The van der Waals surface area contributed by atoms with Crippen LogP contribution in [-0.4, -0.2) is 29.3 Å². The molecule has 0 spiro atoms. The van der Waals surface area contributed by atoms with E-state index in [2.05, 4.69) is 36.2 Å². The fraction of sp³-hybridized carbons (Fsp3) is 0.857. The molecule has 1 heterocycles. The fourth-order valence-electron chi connectivity index (χ4n) is 2.15. The molecular formula is C14H27N3O2. The first-order chi connectivity index (χ1) is 9.06. The lowest BCUT2D eigenvalue weighted by Crippen LogP contribution is -2.32. The summed E-state index contributed by atoms with van der Waals surface area (Å²) < 4.78 is 10.8. The van der Waals surface area contributed by atoms with E-state index >= 15 is 0 Å². The lowest BCUT2D eigenvalue weighted by molar-refractivity contribution is 0.0683. The molecule has 1 aromatic rings. The highest BCUT2D eigenvalue weighted by Gasteiger charge is 2.17. The topological polar surface area (TPSA) is 60.2 Å². The van der Waals surface area contributed by atoms with Crippen LogP contribution < -0.4 is 5.32 Å². The van der Waals surface area contributed by atoms with Gasteiger partial charge < -0.3 is 14.6 Å². The van der Waals surface area contributed by atoms with Crippen LogP contribution in [0.4, 0.5) is 0 Å². The quantitative estimate of drug-likeness (QED) is 0.747. The Morgan fingerprint density at radius 3 is 2.58 bits per heavy atom. The van der Waals surface area contributed by atoms with Gasteiger partial charge in [0.25, 0.3) is 0 Å². The van der Waals surface area contributed by atoms with E-state index in [0.29, 0.717) is 30.3 Å². The second-order valence-electron chi connectivity index (χ2n) is 5.23. The van der Waals surface area contributed by atoms with Crippen LogP contribution in [-0.2, 0) is 11.2 Å². The zero-order valence-corrected chi connectivity index (χ0v) is 12.8. The number of rotatable bonds is 9. The number of hydrogen-bond donors (Lipinski definition) is 1. The molecule has 0 saturated heterocycles. The first-order valence-electron chi connectivity index (χ1n) is 7.24. The monoisotopic (exact) mass is 269 g/mol. The Morgan fingerprint density at radius 2 is 2.00 bits per heavy atom. The zero-order valence-electron chi connectivity index (χ0n) is 12.8. The molecule has 5 nitrogen and oxygen atoms in total. The van der Waals surface area contributed by atoms with Gasteiger partial charge in [-0.25, -0.2) is 0 Å². The molecule has 110 valence electrons. The van der Waals surface area contributed by atoms with Gasteiger partial charge in [0.1, 0.15) is 6.10 Å². The van der Waals surface area contributed by atoms with Gasteiger partial charge in [0, 0.05) is 19.1 Å². The molecule has 2 atom stereocenters. The maximum absolute atomic E-state index is 5.46. The maximum atomic E-state index is 5.46. The third-order valence-electron chi connectivity index (χ3n) is 2.93. The molecule has 19 heavy (non-hydrogen) atoms. The van der Waals surface area contributed by atoms with Crippen molar-refractivity contribution in [1.82, 2.24) is 15.5 Å². The standard InChI is InChI=1S/C14H27N3O2/c1-6-15-12(8-10(3)4)9-13-16-14(17-19-13)11(5)18-7-2/h10-12,15H,6-9H2,1-5H3. The first-order valence-corrected chi connectivity index (χ1v) is 7.24. The maximum Gasteiger partial charge on any atom is 0.228 e. The molecule has 0 aliphatic carbocycles. The fourth-order valence-corrected chi connectivity index (χ4v) is 2.15. The van der Waals surface area contributed by atoms with E-state index in [1.54, 1.807) is 0 Å². The summed E-state index contributed by atoms with van der Waals surface area (Å²) >= 11 is 0. The Labute approximate surface area is 116 Å². The van der Waals surface area contributed by atoms with Gasteiger partial charge in [-0.1, -0.05) is 25.9 Å². The third kappa shape index (κ3) is 5.70. The molecule has 5 heteroatoms. The number of aromatic nitrogens is 2. The molecule has 0 aliphatic rings. The summed E-state index contributed by atoms with van der Waals surface area (Å²) in [5.41, 5.74) is 0. The predicted octanol–water partition coefficient (Wildman–Crippen LogP) is 2.73. The van der Waals surface area contributed by atoms with E-state index < -0.39 is 0 Å². The molecule has 0 fully saturated rings. The molecule has 0 saturated carbocycles. The summed E-state index contributed by atoms with van der Waals surface area (Å²) in [6.07, 6.45) is 1.77. The van der Waals surface area contributed by atoms with Crippen molar-refractivity contribution in [2.75, 3.05) is 13.2 Å². The van der Waals surface area contributed by atoms with Gasteiger partial charge in [0.2, 0.25) is 5.89 Å². The second-order valence-corrected chi connectivity index (χ2v) is 5.23. The average molecular weight is 269 g/mol. The van der Waals surface area contributed by atoms with Gasteiger partial charge in [-0.05, 0) is 32.7 Å². The SMILES string of the molecule is CCNC(Cc1nc(C(C)OCC)no1)CC(C)C. The Bertz CT molecular complexity index is 352. The van der Waals surface area contributed by atoms with Crippen molar-refractivity contribution < 1.29 is 9.26 Å². The normalized spacial score (nSPS) is 14.8. The summed E-state index contributed by atoms with van der Waals surface area (Å²) in [4.78, 5) is 4.42. The van der Waals surface area contributed by atoms with E-state index in [1.165, 1.54) is 0 Å². The number of hydrogen-bond acceptors (Lipinski definition) is 5. The molecule has 0 bridgehead atoms. The number of nitrogens with one attached hydrogen (secondary N) is 1. The molecule has 0 amide bonds. The van der Waals surface area contributed by atoms with E-state index in [1.807, 2.05) is 13.8 Å². The molecule has 1 aromatic heterocycles. The van der Waals surface area contributed by atoms with Gasteiger partial charge in [-0.2, -0.15) is 4.98 Å².